The van der Waals surface area contributed by atoms with Crippen LogP contribution in [0, 0.1) is 0 Å². The molecule has 0 aromatic rings. The van der Waals surface area contributed by atoms with Gasteiger partial charge in [-0.05, 0) is 25.1 Å². The van der Waals surface area contributed by atoms with Gasteiger partial charge in [0.25, 0.3) is 0 Å². The van der Waals surface area contributed by atoms with Crippen LogP contribution in [0.2, 0.25) is 0 Å². The molecule has 0 radical (unpaired) electrons. The first-order valence-corrected chi connectivity index (χ1v) is 7.90. The van der Waals surface area contributed by atoms with Gasteiger partial charge in [0, 0.05) is 43.3 Å². The smallest absolute Gasteiger partial charge is 0.301 e. The Morgan fingerprint density at radius 3 is 2.43 bits per heavy atom. The molecule has 0 bridgehead atoms. The summed E-state index contributed by atoms with van der Waals surface area (Å²) >= 11 is 11.5. The second-order valence-electron chi connectivity index (χ2n) is 4.61. The van der Waals surface area contributed by atoms with E-state index < -0.39 is 0 Å². The van der Waals surface area contributed by atoms with E-state index in [1.54, 1.807) is 18.4 Å². The van der Waals surface area contributed by atoms with Gasteiger partial charge in [0.2, 0.25) is 0 Å². The van der Waals surface area contributed by atoms with Crippen molar-refractivity contribution in [2.75, 3.05) is 37.9 Å². The highest BCUT2D eigenvalue weighted by atomic mass is 35.5. The van der Waals surface area contributed by atoms with Crippen molar-refractivity contribution in [1.29, 1.82) is 0 Å². The summed E-state index contributed by atoms with van der Waals surface area (Å²) in [7, 11) is 0. The zero-order valence-corrected chi connectivity index (χ0v) is 13.6. The van der Waals surface area contributed by atoms with Crippen molar-refractivity contribution in [3.8, 4) is 0 Å². The van der Waals surface area contributed by atoms with Crippen LogP contribution >= 0.6 is 23.2 Å². The Morgan fingerprint density at radius 1 is 1.19 bits per heavy atom. The number of amides is 2. The van der Waals surface area contributed by atoms with E-state index in [9.17, 15) is 4.79 Å². The summed E-state index contributed by atoms with van der Waals surface area (Å²) in [6.07, 6.45) is 7.76. The number of hydrazine groups is 1. The number of halogens is 2. The lowest BCUT2D eigenvalue weighted by Gasteiger charge is -2.27. The van der Waals surface area contributed by atoms with Gasteiger partial charge in [0.1, 0.15) is 0 Å². The predicted molar refractivity (Wildman–Crippen MR) is 88.0 cm³/mol. The highest BCUT2D eigenvalue weighted by molar-refractivity contribution is 6.18. The fourth-order valence-corrected chi connectivity index (χ4v) is 2.42. The molecule has 0 aliphatic carbocycles. The third kappa shape index (κ3) is 6.09. The molecule has 0 unspecified atom stereocenters. The lowest BCUT2D eigenvalue weighted by molar-refractivity contribution is 0.175. The molecule has 0 saturated carbocycles. The van der Waals surface area contributed by atoms with Crippen molar-refractivity contribution < 1.29 is 4.79 Å². The van der Waals surface area contributed by atoms with E-state index in [2.05, 4.69) is 11.5 Å². The van der Waals surface area contributed by atoms with Gasteiger partial charge in [-0.2, -0.15) is 0 Å². The number of alkyl halides is 2. The number of rotatable bonds is 8. The van der Waals surface area contributed by atoms with Gasteiger partial charge < -0.3 is 4.90 Å². The molecular formula is C14H22Cl2N4O. The molecule has 1 rings (SSSR count). The van der Waals surface area contributed by atoms with Gasteiger partial charge in [0.15, 0.2) is 0 Å². The van der Waals surface area contributed by atoms with Crippen LogP contribution in [-0.4, -0.2) is 58.8 Å². The van der Waals surface area contributed by atoms with Crippen LogP contribution in [-0.2, 0) is 0 Å². The summed E-state index contributed by atoms with van der Waals surface area (Å²) in [5, 5.41) is 1.20. The van der Waals surface area contributed by atoms with E-state index in [1.807, 2.05) is 6.08 Å². The van der Waals surface area contributed by atoms with Gasteiger partial charge in [0.05, 0.1) is 0 Å². The molecule has 1 aliphatic heterocycles. The molecule has 2 N–H and O–H groups in total. The number of carbonyl (C=O) groups is 1. The standard InChI is InChI=1S/C14H22Cl2N4O/c1-13-5-2-3-9-19(13)14(21)20(17)10-4-8-18(11-6-15)12-7-16/h2-3,5,9H,1,4,6-8,10-12,17H2. The summed E-state index contributed by atoms with van der Waals surface area (Å²) in [6, 6.07) is -0.290. The minimum atomic E-state index is -0.290. The summed E-state index contributed by atoms with van der Waals surface area (Å²) in [4.78, 5) is 15.7. The highest BCUT2D eigenvalue weighted by Gasteiger charge is 2.19. The molecule has 2 amide bonds. The molecule has 7 heteroatoms. The zero-order valence-electron chi connectivity index (χ0n) is 12.0. The van der Waals surface area contributed by atoms with Crippen LogP contribution in [0.25, 0.3) is 0 Å². The van der Waals surface area contributed by atoms with E-state index in [1.165, 1.54) is 9.91 Å². The Bertz CT molecular complexity index is 406. The van der Waals surface area contributed by atoms with Gasteiger partial charge >= 0.3 is 6.03 Å². The molecule has 1 heterocycles. The first kappa shape index (κ1) is 18.0. The summed E-state index contributed by atoms with van der Waals surface area (Å²) in [6.45, 7) is 6.63. The minimum Gasteiger partial charge on any atom is -0.301 e. The fourth-order valence-electron chi connectivity index (χ4n) is 1.94. The van der Waals surface area contributed by atoms with Gasteiger partial charge in [-0.3, -0.25) is 9.91 Å². The second-order valence-corrected chi connectivity index (χ2v) is 5.37. The van der Waals surface area contributed by atoms with Crippen LogP contribution in [0.3, 0.4) is 0 Å². The molecule has 21 heavy (non-hydrogen) atoms. The van der Waals surface area contributed by atoms with E-state index >= 15 is 0 Å². The normalized spacial score (nSPS) is 14.1. The molecule has 0 aromatic heterocycles. The Labute approximate surface area is 136 Å². The molecule has 1 aliphatic rings. The highest BCUT2D eigenvalue weighted by Crippen LogP contribution is 2.12. The first-order valence-electron chi connectivity index (χ1n) is 6.83. The van der Waals surface area contributed by atoms with Crippen LogP contribution in [0.15, 0.2) is 36.7 Å². The summed E-state index contributed by atoms with van der Waals surface area (Å²) in [5.41, 5.74) is 0.601. The summed E-state index contributed by atoms with van der Waals surface area (Å²) < 4.78 is 0. The third-order valence-corrected chi connectivity index (χ3v) is 3.41. The van der Waals surface area contributed by atoms with Crippen molar-refractivity contribution in [3.63, 3.8) is 0 Å². The van der Waals surface area contributed by atoms with Crippen LogP contribution in [0.4, 0.5) is 4.79 Å². The van der Waals surface area contributed by atoms with Gasteiger partial charge in [-0.1, -0.05) is 12.7 Å². The fraction of sp³-hybridized carbons (Fsp3) is 0.500. The van der Waals surface area contributed by atoms with Crippen molar-refractivity contribution in [3.05, 3.63) is 36.7 Å². The number of nitrogens with zero attached hydrogens (tertiary/aromatic N) is 3. The number of carbonyl (C=O) groups excluding carboxylic acids is 1. The molecular weight excluding hydrogens is 311 g/mol. The lowest BCUT2D eigenvalue weighted by atomic mass is 10.3. The van der Waals surface area contributed by atoms with Crippen molar-refractivity contribution in [1.82, 2.24) is 14.8 Å². The van der Waals surface area contributed by atoms with E-state index in [-0.39, 0.29) is 6.03 Å². The summed E-state index contributed by atoms with van der Waals surface area (Å²) in [5.74, 6) is 6.94. The van der Waals surface area contributed by atoms with Crippen molar-refractivity contribution >= 4 is 29.2 Å². The average molecular weight is 333 g/mol. The first-order chi connectivity index (χ1) is 10.1. The maximum atomic E-state index is 12.2. The number of hydrogen-bond acceptors (Lipinski definition) is 3. The second kappa shape index (κ2) is 9.84. The number of nitrogens with two attached hydrogens (primary N) is 1. The van der Waals surface area contributed by atoms with Crippen molar-refractivity contribution in [2.45, 2.75) is 6.42 Å². The molecule has 0 saturated heterocycles. The quantitative estimate of drug-likeness (QED) is 0.321. The van der Waals surface area contributed by atoms with E-state index in [0.717, 1.165) is 26.1 Å². The molecule has 5 nitrogen and oxygen atoms in total. The average Bonchev–Trinajstić information content (AvgIpc) is 2.47. The molecule has 0 fully saturated rings. The largest absolute Gasteiger partial charge is 0.342 e. The number of hydrogen-bond donors (Lipinski definition) is 1. The molecule has 118 valence electrons. The van der Waals surface area contributed by atoms with Gasteiger partial charge in [-0.25, -0.2) is 10.6 Å². The van der Waals surface area contributed by atoms with Crippen molar-refractivity contribution in [2.24, 2.45) is 5.84 Å². The number of allylic oxidation sites excluding steroid dienone is 3. The Balaban J connectivity index is 2.37. The molecule has 0 aromatic carbocycles. The minimum absolute atomic E-state index is 0.290. The van der Waals surface area contributed by atoms with Crippen LogP contribution in [0.5, 0.6) is 0 Å². The van der Waals surface area contributed by atoms with Crippen LogP contribution < -0.4 is 5.84 Å². The monoisotopic (exact) mass is 332 g/mol. The molecule has 0 atom stereocenters. The predicted octanol–water partition coefficient (Wildman–Crippen LogP) is 2.35. The third-order valence-electron chi connectivity index (χ3n) is 3.07. The topological polar surface area (TPSA) is 52.8 Å². The maximum Gasteiger partial charge on any atom is 0.342 e. The van der Waals surface area contributed by atoms with Gasteiger partial charge in [-0.15, -0.1) is 23.2 Å². The van der Waals surface area contributed by atoms with E-state index in [4.69, 9.17) is 29.0 Å². The maximum absolute atomic E-state index is 12.2. The Hall–Kier alpha value is -1.01. The Morgan fingerprint density at radius 2 is 1.86 bits per heavy atom. The Kier molecular flexibility index (Phi) is 8.45. The SMILES string of the molecule is C=C1C=CC=CN1C(=O)N(N)CCCN(CCCl)CCCl. The molecule has 0 spiro atoms. The van der Waals surface area contributed by atoms with Crippen LogP contribution in [0.1, 0.15) is 6.42 Å². The van der Waals surface area contributed by atoms with E-state index in [0.29, 0.717) is 24.0 Å². The zero-order chi connectivity index (χ0) is 15.7. The lowest BCUT2D eigenvalue weighted by Crippen LogP contribution is -2.45. The number of urea groups is 1.